The van der Waals surface area contributed by atoms with E-state index in [0.717, 1.165) is 22.4 Å². The predicted octanol–water partition coefficient (Wildman–Crippen LogP) is 6.54. The minimum Gasteiger partial charge on any atom is -0.444 e. The number of hydrogen-bond acceptors (Lipinski definition) is 5. The smallest absolute Gasteiger partial charge is 0.435 e. The summed E-state index contributed by atoms with van der Waals surface area (Å²) in [4.78, 5) is 26.4. The first kappa shape index (κ1) is 27.5. The average molecular weight is 510 g/mol. The lowest BCUT2D eigenvalue weighted by Crippen LogP contribution is -2.42. The number of carbonyl (C=O) groups is 2. The highest BCUT2D eigenvalue weighted by Gasteiger charge is 2.32. The third kappa shape index (κ3) is 7.48. The number of amides is 1. The van der Waals surface area contributed by atoms with Gasteiger partial charge >= 0.3 is 18.4 Å². The van der Waals surface area contributed by atoms with Gasteiger partial charge in [-0.1, -0.05) is 6.07 Å². The van der Waals surface area contributed by atoms with Crippen molar-refractivity contribution < 1.29 is 32.2 Å². The third-order valence-corrected chi connectivity index (χ3v) is 5.69. The SMILES string of the molecule is CC(C)(C)OC(=O)N1CCC(Cc2ccc(C(F)(F)F)cc2-c2cnn(C(=O)OC(C)(C)C)c2)CC1. The van der Waals surface area contributed by atoms with Crippen LogP contribution in [-0.4, -0.2) is 51.2 Å². The molecule has 1 fully saturated rings. The molecule has 1 aliphatic rings. The number of benzene rings is 1. The monoisotopic (exact) mass is 509 g/mol. The van der Waals surface area contributed by atoms with Crippen molar-refractivity contribution in [3.63, 3.8) is 0 Å². The second-order valence-electron chi connectivity index (χ2n) is 11.1. The molecule has 2 aromatic rings. The van der Waals surface area contributed by atoms with Crippen LogP contribution in [0.25, 0.3) is 11.1 Å². The predicted molar refractivity (Wildman–Crippen MR) is 129 cm³/mol. The van der Waals surface area contributed by atoms with E-state index in [1.54, 1.807) is 25.7 Å². The van der Waals surface area contributed by atoms with Gasteiger partial charge in [-0.3, -0.25) is 0 Å². The number of ether oxygens (including phenoxy) is 2. The van der Waals surface area contributed by atoms with Crippen molar-refractivity contribution >= 4 is 12.2 Å². The maximum Gasteiger partial charge on any atom is 0.435 e. The fourth-order valence-electron chi connectivity index (χ4n) is 4.03. The molecule has 198 valence electrons. The molecular weight excluding hydrogens is 475 g/mol. The summed E-state index contributed by atoms with van der Waals surface area (Å²) >= 11 is 0. The molecule has 1 aromatic heterocycles. The molecule has 36 heavy (non-hydrogen) atoms. The van der Waals surface area contributed by atoms with Crippen LogP contribution in [0.1, 0.15) is 65.5 Å². The van der Waals surface area contributed by atoms with Gasteiger partial charge in [0.2, 0.25) is 0 Å². The van der Waals surface area contributed by atoms with E-state index in [1.165, 1.54) is 18.5 Å². The molecule has 3 rings (SSSR count). The Kier molecular flexibility index (Phi) is 7.76. The standard InChI is InChI=1S/C26H34F3N3O4/c1-24(2,3)35-22(33)31-11-9-17(10-12-31)13-18-7-8-20(26(27,28)29)14-21(18)19-15-30-32(16-19)23(34)36-25(4,5)6/h7-8,14-17H,9-13H2,1-6H3. The Morgan fingerprint density at radius 1 is 0.972 bits per heavy atom. The molecule has 1 saturated heterocycles. The Morgan fingerprint density at radius 3 is 2.11 bits per heavy atom. The molecular formula is C26H34F3N3O4. The van der Waals surface area contributed by atoms with Gasteiger partial charge < -0.3 is 14.4 Å². The Morgan fingerprint density at radius 2 is 1.56 bits per heavy atom. The largest absolute Gasteiger partial charge is 0.444 e. The lowest BCUT2D eigenvalue weighted by molar-refractivity contribution is -0.137. The molecule has 2 heterocycles. The van der Waals surface area contributed by atoms with Crippen LogP contribution in [0.5, 0.6) is 0 Å². The molecule has 1 aromatic carbocycles. The number of halogens is 3. The Bertz CT molecular complexity index is 1090. The van der Waals surface area contributed by atoms with Crippen LogP contribution in [-0.2, 0) is 22.1 Å². The highest BCUT2D eigenvalue weighted by Crippen LogP contribution is 2.36. The topological polar surface area (TPSA) is 73.7 Å². The van der Waals surface area contributed by atoms with E-state index in [9.17, 15) is 22.8 Å². The molecule has 0 aliphatic carbocycles. The number of alkyl halides is 3. The summed E-state index contributed by atoms with van der Waals surface area (Å²) in [5.74, 6) is 0.181. The number of carbonyl (C=O) groups excluding carboxylic acids is 2. The number of rotatable bonds is 3. The lowest BCUT2D eigenvalue weighted by Gasteiger charge is -2.33. The van der Waals surface area contributed by atoms with Crippen molar-refractivity contribution in [3.05, 3.63) is 41.7 Å². The van der Waals surface area contributed by atoms with Gasteiger partial charge in [-0.15, -0.1) is 0 Å². The van der Waals surface area contributed by atoms with Crippen molar-refractivity contribution in [2.45, 2.75) is 78.2 Å². The van der Waals surface area contributed by atoms with Crippen LogP contribution >= 0.6 is 0 Å². The van der Waals surface area contributed by atoms with Crippen LogP contribution in [0.15, 0.2) is 30.6 Å². The highest BCUT2D eigenvalue weighted by molar-refractivity contribution is 5.74. The lowest BCUT2D eigenvalue weighted by atomic mass is 9.87. The molecule has 0 saturated carbocycles. The zero-order valence-electron chi connectivity index (χ0n) is 21.6. The number of piperidine rings is 1. The maximum absolute atomic E-state index is 13.5. The second-order valence-corrected chi connectivity index (χ2v) is 11.1. The number of aromatic nitrogens is 2. The molecule has 7 nitrogen and oxygen atoms in total. The molecule has 0 atom stereocenters. The zero-order valence-corrected chi connectivity index (χ0v) is 21.6. The molecule has 0 unspecified atom stereocenters. The summed E-state index contributed by atoms with van der Waals surface area (Å²) in [5, 5.41) is 4.02. The van der Waals surface area contributed by atoms with E-state index < -0.39 is 29.0 Å². The third-order valence-electron chi connectivity index (χ3n) is 5.69. The Hall–Kier alpha value is -3.04. The van der Waals surface area contributed by atoms with Gasteiger partial charge in [0.1, 0.15) is 11.2 Å². The van der Waals surface area contributed by atoms with Crippen molar-refractivity contribution in [2.24, 2.45) is 5.92 Å². The first-order chi connectivity index (χ1) is 16.5. The molecule has 0 N–H and O–H groups in total. The van der Waals surface area contributed by atoms with Crippen LogP contribution in [0, 0.1) is 5.92 Å². The quantitative estimate of drug-likeness (QED) is 0.470. The average Bonchev–Trinajstić information content (AvgIpc) is 3.21. The fourth-order valence-corrected chi connectivity index (χ4v) is 4.03. The first-order valence-electron chi connectivity index (χ1n) is 12.0. The normalized spacial score (nSPS) is 15.6. The highest BCUT2D eigenvalue weighted by atomic mass is 19.4. The van der Waals surface area contributed by atoms with Crippen LogP contribution in [0.3, 0.4) is 0 Å². The van der Waals surface area contributed by atoms with Crippen molar-refractivity contribution in [3.8, 4) is 11.1 Å². The van der Waals surface area contributed by atoms with Crippen LogP contribution in [0.2, 0.25) is 0 Å². The number of hydrogen-bond donors (Lipinski definition) is 0. The van der Waals surface area contributed by atoms with Gasteiger partial charge in [-0.05, 0) is 90.0 Å². The zero-order chi connectivity index (χ0) is 26.9. The fraction of sp³-hybridized carbons (Fsp3) is 0.577. The summed E-state index contributed by atoms with van der Waals surface area (Å²) in [5.41, 5.74) is -0.596. The molecule has 10 heteroatoms. The van der Waals surface area contributed by atoms with Gasteiger partial charge in [0.05, 0.1) is 11.8 Å². The van der Waals surface area contributed by atoms with Crippen molar-refractivity contribution in [2.75, 3.05) is 13.1 Å². The van der Waals surface area contributed by atoms with Gasteiger partial charge in [0, 0.05) is 24.8 Å². The summed E-state index contributed by atoms with van der Waals surface area (Å²) in [6.07, 6.45) is -0.872. The number of likely N-dealkylation sites (tertiary alicyclic amines) is 1. The van der Waals surface area contributed by atoms with Crippen molar-refractivity contribution in [1.82, 2.24) is 14.7 Å². The minimum atomic E-state index is -4.51. The Labute approximate surface area is 209 Å². The van der Waals surface area contributed by atoms with Gasteiger partial charge in [-0.2, -0.15) is 23.0 Å². The molecule has 0 radical (unpaired) electrons. The maximum atomic E-state index is 13.5. The first-order valence-corrected chi connectivity index (χ1v) is 12.0. The van der Waals surface area contributed by atoms with E-state index in [0.29, 0.717) is 43.5 Å². The summed E-state index contributed by atoms with van der Waals surface area (Å²) in [6.45, 7) is 11.6. The molecule has 1 amide bonds. The van der Waals surface area contributed by atoms with Gasteiger partial charge in [-0.25, -0.2) is 9.59 Å². The second kappa shape index (κ2) is 10.1. The molecule has 0 spiro atoms. The van der Waals surface area contributed by atoms with E-state index in [1.807, 2.05) is 20.8 Å². The van der Waals surface area contributed by atoms with E-state index in [4.69, 9.17) is 9.47 Å². The van der Waals surface area contributed by atoms with E-state index in [2.05, 4.69) is 5.10 Å². The minimum absolute atomic E-state index is 0.181. The summed E-state index contributed by atoms with van der Waals surface area (Å²) < 4.78 is 52.2. The van der Waals surface area contributed by atoms with Crippen LogP contribution in [0.4, 0.5) is 22.8 Å². The van der Waals surface area contributed by atoms with Crippen LogP contribution < -0.4 is 0 Å². The number of nitrogens with zero attached hydrogens (tertiary/aromatic N) is 3. The van der Waals surface area contributed by atoms with E-state index in [-0.39, 0.29) is 12.0 Å². The Balaban J connectivity index is 1.80. The van der Waals surface area contributed by atoms with Gasteiger partial charge in [0.15, 0.2) is 0 Å². The van der Waals surface area contributed by atoms with E-state index >= 15 is 0 Å². The molecule has 1 aliphatic heterocycles. The summed E-state index contributed by atoms with van der Waals surface area (Å²) in [7, 11) is 0. The summed E-state index contributed by atoms with van der Waals surface area (Å²) in [6, 6.07) is 3.66. The van der Waals surface area contributed by atoms with Gasteiger partial charge in [0.25, 0.3) is 0 Å². The molecule has 0 bridgehead atoms. The van der Waals surface area contributed by atoms with Crippen molar-refractivity contribution in [1.29, 1.82) is 0 Å².